The third-order valence-electron chi connectivity index (χ3n) is 4.62. The minimum atomic E-state index is -0.681. The molecule has 3 unspecified atom stereocenters. The van der Waals surface area contributed by atoms with Gasteiger partial charge in [0.2, 0.25) is 0 Å². The summed E-state index contributed by atoms with van der Waals surface area (Å²) < 4.78 is 12.1. The molecule has 7 heteroatoms. The van der Waals surface area contributed by atoms with Crippen molar-refractivity contribution >= 4 is 28.1 Å². The molecule has 142 valence electrons. The zero-order valence-electron chi connectivity index (χ0n) is 15.7. The molecule has 1 saturated carbocycles. The van der Waals surface area contributed by atoms with Gasteiger partial charge in [-0.3, -0.25) is 9.20 Å². The van der Waals surface area contributed by atoms with Crippen LogP contribution in [0.15, 0.2) is 10.4 Å². The van der Waals surface area contributed by atoms with E-state index >= 15 is 0 Å². The molecule has 0 bridgehead atoms. The Morgan fingerprint density at radius 3 is 2.96 bits per heavy atom. The summed E-state index contributed by atoms with van der Waals surface area (Å²) in [5.41, 5.74) is 1.12. The number of hydrogen-bond donors (Lipinski definition) is 2. The van der Waals surface area contributed by atoms with Crippen LogP contribution in [0.2, 0.25) is 0 Å². The van der Waals surface area contributed by atoms with Crippen molar-refractivity contribution in [3.05, 3.63) is 16.1 Å². The van der Waals surface area contributed by atoms with Crippen molar-refractivity contribution in [1.29, 1.82) is 0 Å². The molecule has 1 heterocycles. The van der Waals surface area contributed by atoms with Crippen LogP contribution in [0.5, 0.6) is 0 Å². The Kier molecular flexibility index (Phi) is 8.89. The summed E-state index contributed by atoms with van der Waals surface area (Å²) in [5.74, 6) is 1.64. The second kappa shape index (κ2) is 10.9. The van der Waals surface area contributed by atoms with Gasteiger partial charge in [-0.05, 0) is 45.4 Å². The lowest BCUT2D eigenvalue weighted by Crippen LogP contribution is -2.46. The van der Waals surface area contributed by atoms with Crippen LogP contribution >= 0.6 is 11.3 Å². The van der Waals surface area contributed by atoms with Gasteiger partial charge in [-0.1, -0.05) is 13.3 Å². The van der Waals surface area contributed by atoms with E-state index in [1.165, 1.54) is 5.01 Å². The number of hydrogen-bond acceptors (Lipinski definition) is 4. The Bertz CT molecular complexity index is 573. The molecule has 25 heavy (non-hydrogen) atoms. The Hall–Kier alpha value is -0.950. The van der Waals surface area contributed by atoms with Gasteiger partial charge in [0, 0.05) is 52.5 Å². The number of aryl methyl sites for hydroxylation is 2. The summed E-state index contributed by atoms with van der Waals surface area (Å²) in [6, 6.07) is 0.388. The van der Waals surface area contributed by atoms with Crippen molar-refractivity contribution in [2.75, 3.05) is 19.3 Å². The van der Waals surface area contributed by atoms with E-state index in [0.717, 1.165) is 68.9 Å². The van der Waals surface area contributed by atoms with Gasteiger partial charge in [-0.25, -0.2) is 4.98 Å². The van der Waals surface area contributed by atoms with Gasteiger partial charge in [0.25, 0.3) is 0 Å². The first-order valence-corrected chi connectivity index (χ1v) is 11.6. The average molecular weight is 385 g/mol. The zero-order valence-corrected chi connectivity index (χ0v) is 17.3. The third-order valence-corrected chi connectivity index (χ3v) is 7.39. The van der Waals surface area contributed by atoms with E-state index in [1.54, 1.807) is 11.3 Å². The molecular formula is C18H32N4OS2. The van der Waals surface area contributed by atoms with Crippen LogP contribution in [0.3, 0.4) is 0 Å². The molecule has 1 fully saturated rings. The molecule has 0 aromatic carbocycles. The maximum atomic E-state index is 12.1. The highest BCUT2D eigenvalue weighted by Crippen LogP contribution is 2.23. The molecule has 0 saturated heterocycles. The van der Waals surface area contributed by atoms with Crippen molar-refractivity contribution in [1.82, 2.24) is 15.6 Å². The van der Waals surface area contributed by atoms with E-state index in [4.69, 9.17) is 0 Å². The standard InChI is InChI=1S/C18H32N4OS2/c1-4-25(23)16-9-7-8-15(12-16)22-18(19-3)20-11-6-5-10-17-21-14(2)13-24-17/h13,15-16H,4-12H2,1-3H3,(H2,19,20,22). The Morgan fingerprint density at radius 2 is 2.28 bits per heavy atom. The number of rotatable bonds is 8. The van der Waals surface area contributed by atoms with E-state index in [1.807, 2.05) is 20.9 Å². The Balaban J connectivity index is 1.65. The number of thiazole rings is 1. The van der Waals surface area contributed by atoms with Crippen LogP contribution in [0.1, 0.15) is 56.2 Å². The third kappa shape index (κ3) is 7.05. The van der Waals surface area contributed by atoms with E-state index in [2.05, 4.69) is 26.0 Å². The number of nitrogens with one attached hydrogen (secondary N) is 2. The first-order valence-electron chi connectivity index (χ1n) is 9.37. The number of guanidine groups is 1. The lowest BCUT2D eigenvalue weighted by molar-refractivity contribution is 0.413. The molecule has 1 aliphatic rings. The van der Waals surface area contributed by atoms with Crippen molar-refractivity contribution in [2.45, 2.75) is 70.1 Å². The quantitative estimate of drug-likeness (QED) is 0.411. The second-order valence-corrected chi connectivity index (χ2v) is 9.59. The van der Waals surface area contributed by atoms with Gasteiger partial charge in [-0.15, -0.1) is 11.3 Å². The van der Waals surface area contributed by atoms with Crippen LogP contribution in [0, 0.1) is 6.92 Å². The predicted molar refractivity (Wildman–Crippen MR) is 109 cm³/mol. The van der Waals surface area contributed by atoms with E-state index < -0.39 is 10.8 Å². The molecule has 0 aliphatic heterocycles. The maximum absolute atomic E-state index is 12.1. The molecule has 5 nitrogen and oxygen atoms in total. The molecule has 2 N–H and O–H groups in total. The lowest BCUT2D eigenvalue weighted by Gasteiger charge is -2.30. The first kappa shape index (κ1) is 20.4. The average Bonchev–Trinajstić information content (AvgIpc) is 3.05. The van der Waals surface area contributed by atoms with Gasteiger partial charge in [0.1, 0.15) is 0 Å². The molecule has 1 aromatic heterocycles. The SMILES string of the molecule is CCS(=O)C1CCCC(NC(=NC)NCCCCc2nc(C)cs2)C1. The molecule has 1 aliphatic carbocycles. The summed E-state index contributed by atoms with van der Waals surface area (Å²) in [6.07, 6.45) is 7.68. The summed E-state index contributed by atoms with van der Waals surface area (Å²) in [7, 11) is 1.14. The molecular weight excluding hydrogens is 352 g/mol. The van der Waals surface area contributed by atoms with Crippen molar-refractivity contribution < 1.29 is 4.21 Å². The van der Waals surface area contributed by atoms with Gasteiger partial charge >= 0.3 is 0 Å². The van der Waals surface area contributed by atoms with Crippen molar-refractivity contribution in [2.24, 2.45) is 4.99 Å². The fourth-order valence-corrected chi connectivity index (χ4v) is 5.43. The van der Waals surface area contributed by atoms with Crippen LogP contribution in [-0.4, -0.2) is 45.8 Å². The van der Waals surface area contributed by atoms with Crippen molar-refractivity contribution in [3.63, 3.8) is 0 Å². The van der Waals surface area contributed by atoms with Gasteiger partial charge in [0.05, 0.1) is 5.01 Å². The van der Waals surface area contributed by atoms with E-state index in [0.29, 0.717) is 11.3 Å². The summed E-state index contributed by atoms with van der Waals surface area (Å²) in [4.78, 5) is 8.84. The number of unbranched alkanes of at least 4 members (excludes halogenated alkanes) is 1. The van der Waals surface area contributed by atoms with E-state index in [9.17, 15) is 4.21 Å². The van der Waals surface area contributed by atoms with Gasteiger partial charge in [-0.2, -0.15) is 0 Å². The van der Waals surface area contributed by atoms with Crippen molar-refractivity contribution in [3.8, 4) is 0 Å². The number of nitrogens with zero attached hydrogens (tertiary/aromatic N) is 2. The fraction of sp³-hybridized carbons (Fsp3) is 0.778. The van der Waals surface area contributed by atoms with Crippen LogP contribution in [0.25, 0.3) is 0 Å². The highest BCUT2D eigenvalue weighted by molar-refractivity contribution is 7.85. The molecule has 3 atom stereocenters. The normalized spacial score (nSPS) is 22.6. The highest BCUT2D eigenvalue weighted by Gasteiger charge is 2.25. The van der Waals surface area contributed by atoms with Crippen LogP contribution in [0.4, 0.5) is 0 Å². The summed E-state index contributed by atoms with van der Waals surface area (Å²) >= 11 is 1.75. The fourth-order valence-electron chi connectivity index (χ4n) is 3.26. The lowest BCUT2D eigenvalue weighted by atomic mass is 9.95. The molecule has 0 spiro atoms. The number of aromatic nitrogens is 1. The molecule has 0 amide bonds. The monoisotopic (exact) mass is 384 g/mol. The highest BCUT2D eigenvalue weighted by atomic mass is 32.2. The van der Waals surface area contributed by atoms with E-state index in [-0.39, 0.29) is 0 Å². The van der Waals surface area contributed by atoms with Gasteiger partial charge in [0.15, 0.2) is 5.96 Å². The topological polar surface area (TPSA) is 66.4 Å². The Labute approximate surface area is 158 Å². The summed E-state index contributed by atoms with van der Waals surface area (Å²) in [6.45, 7) is 4.98. The Morgan fingerprint density at radius 1 is 1.44 bits per heavy atom. The minimum Gasteiger partial charge on any atom is -0.356 e. The molecule has 0 radical (unpaired) electrons. The maximum Gasteiger partial charge on any atom is 0.191 e. The first-order chi connectivity index (χ1) is 12.1. The minimum absolute atomic E-state index is 0.344. The summed E-state index contributed by atoms with van der Waals surface area (Å²) in [5, 5.41) is 10.6. The predicted octanol–water partition coefficient (Wildman–Crippen LogP) is 3.02. The smallest absolute Gasteiger partial charge is 0.191 e. The van der Waals surface area contributed by atoms with Crippen LogP contribution in [-0.2, 0) is 17.2 Å². The van der Waals surface area contributed by atoms with Gasteiger partial charge < -0.3 is 10.6 Å². The molecule has 2 rings (SSSR count). The molecule has 1 aromatic rings. The largest absolute Gasteiger partial charge is 0.356 e. The van der Waals surface area contributed by atoms with Crippen LogP contribution < -0.4 is 10.6 Å². The zero-order chi connectivity index (χ0) is 18.1. The number of aliphatic imine (C=N–C) groups is 1. The second-order valence-electron chi connectivity index (χ2n) is 6.64.